The Morgan fingerprint density at radius 3 is 2.26 bits per heavy atom. The highest BCUT2D eigenvalue weighted by atomic mass is 16.5. The molecule has 0 saturated heterocycles. The molecule has 4 aromatic rings. The molecular weight excluding hydrogens is 488 g/mol. The minimum atomic E-state index is -0.836. The lowest BCUT2D eigenvalue weighted by Crippen LogP contribution is -2.30. The minimum absolute atomic E-state index is 0.165. The number of carboxylic acid groups (broad SMARTS) is 1. The summed E-state index contributed by atoms with van der Waals surface area (Å²) in [5.41, 5.74) is 3.73. The molecule has 1 heterocycles. The van der Waals surface area contributed by atoms with Crippen LogP contribution >= 0.6 is 0 Å². The number of carbonyl (C=O) groups is 2. The molecule has 0 radical (unpaired) electrons. The third-order valence-corrected chi connectivity index (χ3v) is 6.83. The summed E-state index contributed by atoms with van der Waals surface area (Å²) < 4.78 is 5.78. The predicted molar refractivity (Wildman–Crippen MR) is 153 cm³/mol. The van der Waals surface area contributed by atoms with Crippen LogP contribution in [0.5, 0.6) is 5.75 Å². The van der Waals surface area contributed by atoms with Crippen LogP contribution in [-0.4, -0.2) is 35.1 Å². The zero-order chi connectivity index (χ0) is 27.5. The van der Waals surface area contributed by atoms with Crippen LogP contribution < -0.4 is 10.1 Å². The Labute approximate surface area is 229 Å². The van der Waals surface area contributed by atoms with E-state index < -0.39 is 11.4 Å². The fraction of sp³-hybridized carbons (Fsp3) is 0.242. The third kappa shape index (κ3) is 8.01. The molecule has 0 aliphatic carbocycles. The first kappa shape index (κ1) is 27.6. The summed E-state index contributed by atoms with van der Waals surface area (Å²) in [5.74, 6) is -0.270. The van der Waals surface area contributed by atoms with Crippen molar-refractivity contribution in [3.05, 3.63) is 120 Å². The van der Waals surface area contributed by atoms with Gasteiger partial charge in [-0.2, -0.15) is 0 Å². The number of hydrogen-bond donors (Lipinski definition) is 2. The van der Waals surface area contributed by atoms with Crippen molar-refractivity contribution in [1.29, 1.82) is 0 Å². The van der Waals surface area contributed by atoms with Gasteiger partial charge >= 0.3 is 5.97 Å². The molecule has 0 bridgehead atoms. The number of nitrogens with one attached hydrogen (secondary N) is 1. The number of pyridine rings is 1. The molecule has 0 aliphatic rings. The number of ether oxygens (including phenoxy) is 1. The van der Waals surface area contributed by atoms with Gasteiger partial charge in [-0.05, 0) is 80.1 Å². The third-order valence-electron chi connectivity index (χ3n) is 6.83. The Morgan fingerprint density at radius 1 is 0.872 bits per heavy atom. The average Bonchev–Trinajstić information content (AvgIpc) is 2.97. The first-order valence-corrected chi connectivity index (χ1v) is 13.2. The van der Waals surface area contributed by atoms with E-state index >= 15 is 0 Å². The molecule has 200 valence electrons. The molecular formula is C33H34N2O4. The quantitative estimate of drug-likeness (QED) is 0.204. The lowest BCUT2D eigenvalue weighted by atomic mass is 9.79. The maximum Gasteiger partial charge on any atom is 0.309 e. The van der Waals surface area contributed by atoms with Crippen LogP contribution in [0.15, 0.2) is 103 Å². The number of aromatic nitrogens is 1. The summed E-state index contributed by atoms with van der Waals surface area (Å²) in [6, 6.07) is 30.7. The Bertz CT molecular complexity index is 1340. The van der Waals surface area contributed by atoms with Gasteiger partial charge in [0.1, 0.15) is 12.4 Å². The van der Waals surface area contributed by atoms with Crippen molar-refractivity contribution in [2.45, 2.75) is 32.6 Å². The molecule has 1 atom stereocenters. The van der Waals surface area contributed by atoms with Gasteiger partial charge in [0, 0.05) is 17.3 Å². The number of aryl methyl sites for hydroxylation is 1. The lowest BCUT2D eigenvalue weighted by molar-refractivity contribution is -0.148. The summed E-state index contributed by atoms with van der Waals surface area (Å²) in [6.45, 7) is 2.50. The number of hydrogen-bond acceptors (Lipinski definition) is 4. The van der Waals surface area contributed by atoms with E-state index in [1.54, 1.807) is 18.3 Å². The van der Waals surface area contributed by atoms with Crippen LogP contribution in [-0.2, 0) is 17.6 Å². The molecule has 4 rings (SSSR count). The standard InChI is InChI=1S/C33H34N2O4/c1-33(32(37)38,20-7-10-25-8-3-2-4-9-25)24-26-12-18-29(19-13-26)39-23-22-35-31(36)28-16-14-27(15-17-28)30-11-5-6-21-34-30/h2-6,8-9,11-19,21H,7,10,20,22-24H2,1H3,(H,35,36)(H,37,38). The molecule has 1 aromatic heterocycles. The second kappa shape index (κ2) is 13.4. The Morgan fingerprint density at radius 2 is 1.59 bits per heavy atom. The van der Waals surface area contributed by atoms with Crippen LogP contribution in [0, 0.1) is 5.41 Å². The van der Waals surface area contributed by atoms with Gasteiger partial charge in [-0.1, -0.05) is 60.7 Å². The number of rotatable bonds is 13. The number of aliphatic carboxylic acids is 1. The second-order valence-electron chi connectivity index (χ2n) is 9.92. The van der Waals surface area contributed by atoms with E-state index in [0.717, 1.165) is 29.7 Å². The Balaban J connectivity index is 1.21. The van der Waals surface area contributed by atoms with Crippen LogP contribution in [0.25, 0.3) is 11.3 Å². The molecule has 0 aliphatic heterocycles. The van der Waals surface area contributed by atoms with E-state index in [0.29, 0.717) is 37.3 Å². The zero-order valence-corrected chi connectivity index (χ0v) is 22.2. The fourth-order valence-electron chi connectivity index (χ4n) is 4.51. The van der Waals surface area contributed by atoms with Gasteiger partial charge in [0.15, 0.2) is 0 Å². The minimum Gasteiger partial charge on any atom is -0.492 e. The molecule has 0 fully saturated rings. The van der Waals surface area contributed by atoms with E-state index in [1.807, 2.05) is 79.7 Å². The molecule has 2 N–H and O–H groups in total. The van der Waals surface area contributed by atoms with Crippen molar-refractivity contribution in [3.63, 3.8) is 0 Å². The Kier molecular flexibility index (Phi) is 9.46. The first-order valence-electron chi connectivity index (χ1n) is 13.2. The van der Waals surface area contributed by atoms with Gasteiger partial charge in [-0.15, -0.1) is 0 Å². The van der Waals surface area contributed by atoms with Gasteiger partial charge < -0.3 is 15.2 Å². The van der Waals surface area contributed by atoms with Gasteiger partial charge in [-0.3, -0.25) is 14.6 Å². The van der Waals surface area contributed by atoms with Crippen LogP contribution in [0.1, 0.15) is 41.3 Å². The maximum absolute atomic E-state index is 12.5. The molecule has 3 aromatic carbocycles. The summed E-state index contributed by atoms with van der Waals surface area (Å²) in [6.07, 6.45) is 4.47. The van der Waals surface area contributed by atoms with Crippen molar-refractivity contribution in [1.82, 2.24) is 10.3 Å². The molecule has 1 unspecified atom stereocenters. The summed E-state index contributed by atoms with van der Waals surface area (Å²) >= 11 is 0. The molecule has 6 heteroatoms. The summed E-state index contributed by atoms with van der Waals surface area (Å²) in [4.78, 5) is 28.9. The number of amides is 1. The largest absolute Gasteiger partial charge is 0.492 e. The number of carboxylic acids is 1. The molecule has 39 heavy (non-hydrogen) atoms. The van der Waals surface area contributed by atoms with E-state index in [9.17, 15) is 14.7 Å². The van der Waals surface area contributed by atoms with E-state index in [4.69, 9.17) is 4.74 Å². The van der Waals surface area contributed by atoms with Crippen molar-refractivity contribution in [2.24, 2.45) is 5.41 Å². The van der Waals surface area contributed by atoms with Gasteiger partial charge in [0.2, 0.25) is 0 Å². The van der Waals surface area contributed by atoms with Gasteiger partial charge in [0.25, 0.3) is 5.91 Å². The molecule has 0 saturated carbocycles. The maximum atomic E-state index is 12.5. The van der Waals surface area contributed by atoms with E-state index in [-0.39, 0.29) is 5.91 Å². The monoisotopic (exact) mass is 522 g/mol. The predicted octanol–water partition coefficient (Wildman–Crippen LogP) is 6.21. The topological polar surface area (TPSA) is 88.5 Å². The van der Waals surface area contributed by atoms with Crippen molar-refractivity contribution in [3.8, 4) is 17.0 Å². The zero-order valence-electron chi connectivity index (χ0n) is 22.2. The Hall–Kier alpha value is -4.45. The van der Waals surface area contributed by atoms with E-state index in [2.05, 4.69) is 22.4 Å². The van der Waals surface area contributed by atoms with Crippen molar-refractivity contribution < 1.29 is 19.4 Å². The van der Waals surface area contributed by atoms with Crippen LogP contribution in [0.2, 0.25) is 0 Å². The summed E-state index contributed by atoms with van der Waals surface area (Å²) in [5, 5.41) is 12.8. The smallest absolute Gasteiger partial charge is 0.309 e. The first-order chi connectivity index (χ1) is 18.9. The lowest BCUT2D eigenvalue weighted by Gasteiger charge is -2.25. The van der Waals surface area contributed by atoms with Gasteiger partial charge in [-0.25, -0.2) is 0 Å². The highest BCUT2D eigenvalue weighted by Crippen LogP contribution is 2.30. The number of benzene rings is 3. The van der Waals surface area contributed by atoms with Crippen LogP contribution in [0.3, 0.4) is 0 Å². The molecule has 6 nitrogen and oxygen atoms in total. The fourth-order valence-corrected chi connectivity index (χ4v) is 4.51. The number of carbonyl (C=O) groups excluding carboxylic acids is 1. The molecule has 1 amide bonds. The SMILES string of the molecule is CC(CCCc1ccccc1)(Cc1ccc(OCCNC(=O)c2ccc(-c3ccccn3)cc2)cc1)C(=O)O. The van der Waals surface area contributed by atoms with Gasteiger partial charge in [0.05, 0.1) is 17.7 Å². The number of nitrogens with zero attached hydrogens (tertiary/aromatic N) is 1. The van der Waals surface area contributed by atoms with E-state index in [1.165, 1.54) is 5.56 Å². The summed E-state index contributed by atoms with van der Waals surface area (Å²) in [7, 11) is 0. The molecule has 0 spiro atoms. The highest BCUT2D eigenvalue weighted by molar-refractivity contribution is 5.94. The second-order valence-corrected chi connectivity index (χ2v) is 9.92. The highest BCUT2D eigenvalue weighted by Gasteiger charge is 2.32. The van der Waals surface area contributed by atoms with Crippen LogP contribution in [0.4, 0.5) is 0 Å². The normalized spacial score (nSPS) is 12.3. The van der Waals surface area contributed by atoms with Crippen molar-refractivity contribution >= 4 is 11.9 Å². The average molecular weight is 523 g/mol. The van der Waals surface area contributed by atoms with Crippen molar-refractivity contribution in [2.75, 3.05) is 13.2 Å².